The molecule has 4 saturated heterocycles. The maximum Gasteiger partial charge on any atom is 0.290 e. The van der Waals surface area contributed by atoms with Crippen molar-refractivity contribution in [2.24, 2.45) is 5.92 Å². The van der Waals surface area contributed by atoms with Crippen LogP contribution in [0.15, 0.2) is 60.7 Å². The van der Waals surface area contributed by atoms with E-state index in [0.29, 0.717) is 25.2 Å². The van der Waals surface area contributed by atoms with Crippen LogP contribution in [0, 0.1) is 5.92 Å². The van der Waals surface area contributed by atoms with Crippen molar-refractivity contribution >= 4 is 18.2 Å². The van der Waals surface area contributed by atoms with Gasteiger partial charge in [-0.1, -0.05) is 60.7 Å². The van der Waals surface area contributed by atoms with Gasteiger partial charge >= 0.3 is 0 Å². The van der Waals surface area contributed by atoms with Gasteiger partial charge < -0.3 is 20.2 Å². The molecule has 4 bridgehead atoms. The number of rotatable bonds is 7. The molecule has 4 heterocycles. The molecule has 2 aromatic rings. The van der Waals surface area contributed by atoms with Crippen molar-refractivity contribution in [3.05, 3.63) is 71.8 Å². The first-order valence-electron chi connectivity index (χ1n) is 12.0. The molecule has 0 aliphatic carbocycles. The van der Waals surface area contributed by atoms with Crippen molar-refractivity contribution < 1.29 is 19.5 Å². The molecule has 4 aliphatic rings. The molecule has 4 aliphatic heterocycles. The fraction of sp³-hybridized carbons (Fsp3) is 0.444. The molecule has 0 spiro atoms. The SMILES string of the molecule is O=C(CCCC(=O)c1ccccc1)NC1C2CN3CCN(C2)CC1(c1ccccc1)C3.O=CO. The largest absolute Gasteiger partial charge is 0.483 e. The number of benzene rings is 2. The zero-order valence-electron chi connectivity index (χ0n) is 19.4. The number of Topliss-reactive ketones (excluding diaryl/α,β-unsaturated/α-hetero) is 1. The zero-order valence-corrected chi connectivity index (χ0v) is 19.4. The summed E-state index contributed by atoms with van der Waals surface area (Å²) in [5.41, 5.74) is 2.00. The van der Waals surface area contributed by atoms with Gasteiger partial charge in [0, 0.05) is 75.0 Å². The number of nitrogens with one attached hydrogen (secondary N) is 1. The maximum absolute atomic E-state index is 13.0. The van der Waals surface area contributed by atoms with Gasteiger partial charge in [-0.2, -0.15) is 0 Å². The predicted octanol–water partition coefficient (Wildman–Crippen LogP) is 2.42. The smallest absolute Gasteiger partial charge is 0.290 e. The van der Waals surface area contributed by atoms with Crippen molar-refractivity contribution in [2.75, 3.05) is 39.3 Å². The van der Waals surface area contributed by atoms with Gasteiger partial charge in [0.05, 0.1) is 0 Å². The Hall–Kier alpha value is -3.03. The molecule has 0 radical (unpaired) electrons. The molecular formula is C27H33N3O4. The summed E-state index contributed by atoms with van der Waals surface area (Å²) >= 11 is 0. The monoisotopic (exact) mass is 463 g/mol. The number of ketones is 1. The minimum absolute atomic E-state index is 0.0611. The van der Waals surface area contributed by atoms with E-state index in [4.69, 9.17) is 9.90 Å². The van der Waals surface area contributed by atoms with E-state index in [9.17, 15) is 9.59 Å². The van der Waals surface area contributed by atoms with E-state index in [2.05, 4.69) is 45.4 Å². The average molecular weight is 464 g/mol. The molecule has 2 N–H and O–H groups in total. The molecule has 0 aromatic heterocycles. The second-order valence-corrected chi connectivity index (χ2v) is 9.55. The zero-order chi connectivity index (χ0) is 24.0. The van der Waals surface area contributed by atoms with Gasteiger partial charge in [0.2, 0.25) is 5.91 Å². The lowest BCUT2D eigenvalue weighted by atomic mass is 9.64. The Kier molecular flexibility index (Phi) is 7.75. The summed E-state index contributed by atoms with van der Waals surface area (Å²) in [4.78, 5) is 38.9. The van der Waals surface area contributed by atoms with Crippen LogP contribution >= 0.6 is 0 Å². The van der Waals surface area contributed by atoms with E-state index < -0.39 is 0 Å². The normalized spacial score (nSPS) is 28.8. The highest BCUT2D eigenvalue weighted by molar-refractivity contribution is 5.96. The summed E-state index contributed by atoms with van der Waals surface area (Å²) in [6.07, 6.45) is 1.41. The third-order valence-electron chi connectivity index (χ3n) is 7.36. The number of hydrogen-bond acceptors (Lipinski definition) is 5. The van der Waals surface area contributed by atoms with Crippen molar-refractivity contribution in [1.82, 2.24) is 15.1 Å². The minimum atomic E-state index is -0.250. The Morgan fingerprint density at radius 2 is 1.50 bits per heavy atom. The van der Waals surface area contributed by atoms with Gasteiger partial charge in [-0.05, 0) is 12.0 Å². The first-order valence-corrected chi connectivity index (χ1v) is 12.0. The lowest BCUT2D eigenvalue weighted by Crippen LogP contribution is -2.70. The predicted molar refractivity (Wildman–Crippen MR) is 130 cm³/mol. The molecule has 3 atom stereocenters. The molecule has 6 rings (SSSR count). The number of fused-ring (bicyclic) bond motifs is 1. The summed E-state index contributed by atoms with van der Waals surface area (Å²) in [5.74, 6) is 0.637. The number of carbonyl (C=O) groups excluding carboxylic acids is 2. The highest BCUT2D eigenvalue weighted by Crippen LogP contribution is 2.43. The number of amides is 1. The van der Waals surface area contributed by atoms with Crippen molar-refractivity contribution in [2.45, 2.75) is 30.7 Å². The van der Waals surface area contributed by atoms with Crippen LogP contribution in [0.2, 0.25) is 0 Å². The molecule has 0 saturated carbocycles. The lowest BCUT2D eigenvalue weighted by Gasteiger charge is -2.55. The Bertz CT molecular complexity index is 966. The van der Waals surface area contributed by atoms with Crippen molar-refractivity contribution in [1.29, 1.82) is 0 Å². The molecule has 1 amide bonds. The van der Waals surface area contributed by atoms with Crippen LogP contribution < -0.4 is 5.32 Å². The minimum Gasteiger partial charge on any atom is -0.483 e. The number of carbonyl (C=O) groups is 3. The Balaban J connectivity index is 0.000000868. The molecule has 7 heteroatoms. The molecule has 4 fully saturated rings. The summed E-state index contributed by atoms with van der Waals surface area (Å²) in [5, 5.41) is 10.3. The second kappa shape index (κ2) is 10.9. The van der Waals surface area contributed by atoms with Crippen LogP contribution in [0.25, 0.3) is 0 Å². The van der Waals surface area contributed by atoms with Crippen LogP contribution in [0.5, 0.6) is 0 Å². The van der Waals surface area contributed by atoms with Gasteiger partial charge in [-0.3, -0.25) is 14.4 Å². The van der Waals surface area contributed by atoms with Crippen LogP contribution in [0.3, 0.4) is 0 Å². The number of hydrogen-bond donors (Lipinski definition) is 2. The maximum atomic E-state index is 13.0. The molecular weight excluding hydrogens is 430 g/mol. The third-order valence-corrected chi connectivity index (χ3v) is 7.36. The van der Waals surface area contributed by atoms with Crippen LogP contribution in [-0.2, 0) is 15.0 Å². The molecule has 3 unspecified atom stereocenters. The van der Waals surface area contributed by atoms with E-state index >= 15 is 0 Å². The van der Waals surface area contributed by atoms with Gasteiger partial charge in [0.1, 0.15) is 0 Å². The first-order chi connectivity index (χ1) is 16.6. The summed E-state index contributed by atoms with van der Waals surface area (Å²) in [7, 11) is 0. The molecule has 34 heavy (non-hydrogen) atoms. The first kappa shape index (κ1) is 24.1. The summed E-state index contributed by atoms with van der Waals surface area (Å²) in [6.45, 7) is 6.11. The third kappa shape index (κ3) is 5.21. The van der Waals surface area contributed by atoms with E-state index in [1.165, 1.54) is 5.56 Å². The highest BCUT2D eigenvalue weighted by atomic mass is 16.3. The van der Waals surface area contributed by atoms with E-state index in [0.717, 1.165) is 44.8 Å². The van der Waals surface area contributed by atoms with Gasteiger partial charge in [0.25, 0.3) is 6.47 Å². The van der Waals surface area contributed by atoms with Gasteiger partial charge in [-0.15, -0.1) is 0 Å². The fourth-order valence-electron chi connectivity index (χ4n) is 5.99. The molecule has 7 nitrogen and oxygen atoms in total. The van der Waals surface area contributed by atoms with E-state index in [1.54, 1.807) is 0 Å². The molecule has 2 aromatic carbocycles. The van der Waals surface area contributed by atoms with Gasteiger partial charge in [0.15, 0.2) is 5.78 Å². The van der Waals surface area contributed by atoms with Crippen molar-refractivity contribution in [3.63, 3.8) is 0 Å². The topological polar surface area (TPSA) is 90.0 Å². The quantitative estimate of drug-likeness (QED) is 0.484. The number of carboxylic acid groups (broad SMARTS) is 1. The second-order valence-electron chi connectivity index (χ2n) is 9.55. The Morgan fingerprint density at radius 1 is 0.941 bits per heavy atom. The fourth-order valence-corrected chi connectivity index (χ4v) is 5.99. The van der Waals surface area contributed by atoms with Crippen LogP contribution in [0.4, 0.5) is 0 Å². The Labute approximate surface area is 200 Å². The van der Waals surface area contributed by atoms with E-state index in [-0.39, 0.29) is 29.6 Å². The number of nitrogens with zero attached hydrogens (tertiary/aromatic N) is 2. The lowest BCUT2D eigenvalue weighted by molar-refractivity contribution is -0.124. The summed E-state index contributed by atoms with van der Waals surface area (Å²) in [6, 6.07) is 20.3. The standard InChI is InChI=1S/C26H31N3O2.CH2O2/c30-23(20-8-3-1-4-9-20)12-7-13-24(31)27-25-21-16-28-14-15-29(17-21)19-26(25,18-28)22-10-5-2-6-11-22;2-1-3/h1-6,8-11,21,25H,7,12-19H2,(H,27,31);1H,(H,2,3). The van der Waals surface area contributed by atoms with E-state index in [1.807, 2.05) is 30.3 Å². The Morgan fingerprint density at radius 3 is 2.09 bits per heavy atom. The number of piperidine rings is 2. The molecule has 180 valence electrons. The van der Waals surface area contributed by atoms with Gasteiger partial charge in [-0.25, -0.2) is 0 Å². The highest BCUT2D eigenvalue weighted by Gasteiger charge is 2.55. The van der Waals surface area contributed by atoms with Crippen molar-refractivity contribution in [3.8, 4) is 0 Å². The summed E-state index contributed by atoms with van der Waals surface area (Å²) < 4.78 is 0. The van der Waals surface area contributed by atoms with Crippen LogP contribution in [0.1, 0.15) is 35.2 Å². The average Bonchev–Trinajstić information content (AvgIpc) is 3.11. The van der Waals surface area contributed by atoms with Crippen LogP contribution in [-0.4, -0.2) is 78.4 Å².